The van der Waals surface area contributed by atoms with Crippen molar-refractivity contribution in [2.24, 2.45) is 5.92 Å². The van der Waals surface area contributed by atoms with Crippen LogP contribution < -0.4 is 4.74 Å². The zero-order valence-corrected chi connectivity index (χ0v) is 18.6. The Morgan fingerprint density at radius 2 is 1.47 bits per heavy atom. The number of rotatable bonds is 11. The highest BCUT2D eigenvalue weighted by Crippen LogP contribution is 2.31. The molecule has 30 heavy (non-hydrogen) atoms. The number of nitrogens with zero attached hydrogens (tertiary/aromatic N) is 1. The quantitative estimate of drug-likeness (QED) is 0.346. The maximum Gasteiger partial charge on any atom is 0.120 e. The van der Waals surface area contributed by atoms with Crippen LogP contribution in [0.2, 0.25) is 0 Å². The number of hydrogen-bond donors (Lipinski definition) is 0. The highest BCUT2D eigenvalue weighted by atomic mass is 16.5. The molecule has 2 nitrogen and oxygen atoms in total. The van der Waals surface area contributed by atoms with Gasteiger partial charge in [-0.1, -0.05) is 93.6 Å². The molecule has 2 heteroatoms. The maximum absolute atomic E-state index is 6.08. The van der Waals surface area contributed by atoms with Gasteiger partial charge in [0.1, 0.15) is 12.4 Å². The lowest BCUT2D eigenvalue weighted by Gasteiger charge is -2.30. The van der Waals surface area contributed by atoms with Gasteiger partial charge in [0.15, 0.2) is 0 Å². The predicted octanol–water partition coefficient (Wildman–Crippen LogP) is 6.92. The molecule has 0 aromatic heterocycles. The van der Waals surface area contributed by atoms with Crippen molar-refractivity contribution >= 4 is 0 Å². The molecule has 0 aliphatic heterocycles. The van der Waals surface area contributed by atoms with Gasteiger partial charge in [-0.25, -0.2) is 0 Å². The number of hydrogen-bond acceptors (Lipinski definition) is 2. The predicted molar refractivity (Wildman–Crippen MR) is 127 cm³/mol. The summed E-state index contributed by atoms with van der Waals surface area (Å²) in [5, 5.41) is 0. The van der Waals surface area contributed by atoms with E-state index < -0.39 is 0 Å². The van der Waals surface area contributed by atoms with Crippen molar-refractivity contribution in [1.82, 2.24) is 4.90 Å². The van der Waals surface area contributed by atoms with Gasteiger partial charge in [0.05, 0.1) is 0 Å². The first-order valence-electron chi connectivity index (χ1n) is 11.2. The fourth-order valence-electron chi connectivity index (χ4n) is 4.22. The Labute approximate surface area is 182 Å². The molecule has 158 valence electrons. The molecule has 3 aromatic carbocycles. The molecule has 0 saturated carbocycles. The molecule has 0 heterocycles. The Morgan fingerprint density at radius 3 is 2.10 bits per heavy atom. The van der Waals surface area contributed by atoms with Gasteiger partial charge >= 0.3 is 0 Å². The molecule has 3 aromatic rings. The lowest BCUT2D eigenvalue weighted by Crippen LogP contribution is -2.30. The third-order valence-electron chi connectivity index (χ3n) is 5.90. The van der Waals surface area contributed by atoms with Crippen LogP contribution in [-0.4, -0.2) is 18.0 Å². The van der Waals surface area contributed by atoms with Crippen LogP contribution in [0.25, 0.3) is 0 Å². The van der Waals surface area contributed by atoms with Crippen LogP contribution in [0, 0.1) is 5.92 Å². The molecule has 0 bridgehead atoms. The van der Waals surface area contributed by atoms with Gasteiger partial charge in [0, 0.05) is 13.1 Å². The minimum Gasteiger partial charge on any atom is -0.489 e. The Bertz CT molecular complexity index is 862. The fourth-order valence-corrected chi connectivity index (χ4v) is 4.22. The van der Waals surface area contributed by atoms with E-state index in [4.69, 9.17) is 4.74 Å². The van der Waals surface area contributed by atoms with E-state index in [1.807, 2.05) is 6.07 Å². The Kier molecular flexibility index (Phi) is 8.53. The molecule has 0 aliphatic carbocycles. The molecule has 0 amide bonds. The molecule has 0 N–H and O–H groups in total. The normalized spacial score (nSPS) is 13.2. The second-order valence-electron chi connectivity index (χ2n) is 8.15. The lowest BCUT2D eigenvalue weighted by atomic mass is 9.84. The zero-order valence-electron chi connectivity index (χ0n) is 18.6. The molecule has 0 fully saturated rings. The number of benzene rings is 3. The van der Waals surface area contributed by atoms with Crippen molar-refractivity contribution < 1.29 is 4.74 Å². The fraction of sp³-hybridized carbons (Fsp3) is 0.357. The van der Waals surface area contributed by atoms with E-state index in [0.717, 1.165) is 31.8 Å². The Hall–Kier alpha value is -2.58. The summed E-state index contributed by atoms with van der Waals surface area (Å²) >= 11 is 0. The van der Waals surface area contributed by atoms with Crippen molar-refractivity contribution in [3.63, 3.8) is 0 Å². The molecular formula is C28H35NO. The van der Waals surface area contributed by atoms with E-state index in [9.17, 15) is 0 Å². The number of ether oxygens (including phenoxy) is 1. The summed E-state index contributed by atoms with van der Waals surface area (Å²) in [6.45, 7) is 10.7. The van der Waals surface area contributed by atoms with Crippen LogP contribution in [0.5, 0.6) is 5.75 Å². The topological polar surface area (TPSA) is 12.5 Å². The lowest BCUT2D eigenvalue weighted by molar-refractivity contribution is 0.221. The average molecular weight is 402 g/mol. The van der Waals surface area contributed by atoms with Crippen LogP contribution in [0.15, 0.2) is 84.9 Å². The summed E-state index contributed by atoms with van der Waals surface area (Å²) in [4.78, 5) is 2.55. The van der Waals surface area contributed by atoms with Crippen LogP contribution >= 0.6 is 0 Å². The molecule has 3 rings (SSSR count). The minimum atomic E-state index is 0.523. The standard InChI is InChI=1S/C28H35NO/c1-4-28(23(3)20-29(5-2)21-24-13-8-6-9-14-24)26-17-12-18-27(19-26)30-22-25-15-10-7-11-16-25/h6-19,23,28H,4-5,20-22H2,1-3H3/t23-,28+/m0/s1. The summed E-state index contributed by atoms with van der Waals surface area (Å²) < 4.78 is 6.08. The van der Waals surface area contributed by atoms with Crippen LogP contribution in [-0.2, 0) is 13.2 Å². The molecule has 0 unspecified atom stereocenters. The summed E-state index contributed by atoms with van der Waals surface area (Å²) in [5.74, 6) is 2.05. The van der Waals surface area contributed by atoms with E-state index >= 15 is 0 Å². The first-order valence-corrected chi connectivity index (χ1v) is 11.2. The highest BCUT2D eigenvalue weighted by molar-refractivity contribution is 5.31. The van der Waals surface area contributed by atoms with Gasteiger partial charge in [-0.15, -0.1) is 0 Å². The summed E-state index contributed by atoms with van der Waals surface area (Å²) in [7, 11) is 0. The van der Waals surface area contributed by atoms with E-state index in [0.29, 0.717) is 18.4 Å². The van der Waals surface area contributed by atoms with Gasteiger partial charge in [0.2, 0.25) is 0 Å². The molecule has 0 spiro atoms. The molecule has 2 atom stereocenters. The second-order valence-corrected chi connectivity index (χ2v) is 8.15. The second kappa shape index (κ2) is 11.6. The van der Waals surface area contributed by atoms with Crippen molar-refractivity contribution in [2.75, 3.05) is 13.1 Å². The van der Waals surface area contributed by atoms with Crippen LogP contribution in [0.4, 0.5) is 0 Å². The smallest absolute Gasteiger partial charge is 0.120 e. The third kappa shape index (κ3) is 6.47. The van der Waals surface area contributed by atoms with E-state index in [2.05, 4.69) is 105 Å². The van der Waals surface area contributed by atoms with Crippen molar-refractivity contribution in [1.29, 1.82) is 0 Å². The van der Waals surface area contributed by atoms with Crippen molar-refractivity contribution in [3.8, 4) is 5.75 Å². The third-order valence-corrected chi connectivity index (χ3v) is 5.90. The van der Waals surface area contributed by atoms with Gasteiger partial charge in [-0.2, -0.15) is 0 Å². The highest BCUT2D eigenvalue weighted by Gasteiger charge is 2.20. The van der Waals surface area contributed by atoms with Crippen LogP contribution in [0.3, 0.4) is 0 Å². The SMILES string of the molecule is CC[C@@H](c1cccc(OCc2ccccc2)c1)[C@@H](C)CN(CC)Cc1ccccc1. The Balaban J connectivity index is 1.63. The van der Waals surface area contributed by atoms with Gasteiger partial charge in [-0.3, -0.25) is 4.90 Å². The summed E-state index contributed by atoms with van der Waals surface area (Å²) in [6, 6.07) is 29.8. The monoisotopic (exact) mass is 401 g/mol. The first kappa shape index (κ1) is 22.1. The minimum absolute atomic E-state index is 0.523. The van der Waals surface area contributed by atoms with E-state index in [1.165, 1.54) is 16.7 Å². The molecule has 0 saturated heterocycles. The summed E-state index contributed by atoms with van der Waals surface area (Å²) in [5.41, 5.74) is 3.96. The molecule has 0 radical (unpaired) electrons. The van der Waals surface area contributed by atoms with Gasteiger partial charge < -0.3 is 4.74 Å². The van der Waals surface area contributed by atoms with E-state index in [1.54, 1.807) is 0 Å². The van der Waals surface area contributed by atoms with E-state index in [-0.39, 0.29) is 0 Å². The first-order chi connectivity index (χ1) is 14.7. The molecule has 0 aliphatic rings. The van der Waals surface area contributed by atoms with Crippen LogP contribution in [0.1, 0.15) is 49.8 Å². The maximum atomic E-state index is 6.08. The van der Waals surface area contributed by atoms with Crippen molar-refractivity contribution in [3.05, 3.63) is 102 Å². The summed E-state index contributed by atoms with van der Waals surface area (Å²) in [6.07, 6.45) is 1.13. The Morgan fingerprint density at radius 1 is 0.800 bits per heavy atom. The van der Waals surface area contributed by atoms with Crippen molar-refractivity contribution in [2.45, 2.75) is 46.3 Å². The molecular weight excluding hydrogens is 366 g/mol. The zero-order chi connectivity index (χ0) is 21.2. The van der Waals surface area contributed by atoms with Gasteiger partial charge in [0.25, 0.3) is 0 Å². The largest absolute Gasteiger partial charge is 0.489 e. The van der Waals surface area contributed by atoms with Gasteiger partial charge in [-0.05, 0) is 53.6 Å². The average Bonchev–Trinajstić information content (AvgIpc) is 2.79.